The number of piperazine rings is 1. The molecule has 2 aromatic carbocycles. The molecule has 0 atom stereocenters. The second-order valence-corrected chi connectivity index (χ2v) is 9.30. The first kappa shape index (κ1) is 22.2. The van der Waals surface area contributed by atoms with Gasteiger partial charge in [-0.1, -0.05) is 6.92 Å². The van der Waals surface area contributed by atoms with Gasteiger partial charge in [0.25, 0.3) is 0 Å². The van der Waals surface area contributed by atoms with Crippen LogP contribution in [0, 0.1) is 11.6 Å². The van der Waals surface area contributed by atoms with Crippen LogP contribution >= 0.6 is 0 Å². The number of sulfone groups is 1. The van der Waals surface area contributed by atoms with E-state index in [-0.39, 0.29) is 22.9 Å². The van der Waals surface area contributed by atoms with Crippen molar-refractivity contribution in [1.29, 1.82) is 0 Å². The van der Waals surface area contributed by atoms with Crippen molar-refractivity contribution in [2.75, 3.05) is 43.4 Å². The molecule has 1 amide bonds. The summed E-state index contributed by atoms with van der Waals surface area (Å²) in [5.74, 6) is -2.30. The minimum Gasteiger partial charge on any atom is -0.369 e. The van der Waals surface area contributed by atoms with E-state index in [1.165, 1.54) is 6.07 Å². The Bertz CT molecular complexity index is 1020. The van der Waals surface area contributed by atoms with E-state index in [1.807, 2.05) is 14.0 Å². The van der Waals surface area contributed by atoms with Gasteiger partial charge >= 0.3 is 0 Å². The van der Waals surface area contributed by atoms with Crippen LogP contribution in [-0.4, -0.2) is 52.5 Å². The summed E-state index contributed by atoms with van der Waals surface area (Å²) in [6, 6.07) is 6.80. The lowest BCUT2D eigenvalue weighted by Crippen LogP contribution is -2.44. The zero-order valence-corrected chi connectivity index (χ0v) is 17.8. The van der Waals surface area contributed by atoms with E-state index in [9.17, 15) is 22.0 Å². The average molecular weight is 438 g/mol. The number of halogens is 2. The lowest BCUT2D eigenvalue weighted by molar-refractivity contribution is -0.116. The van der Waals surface area contributed by atoms with Crippen molar-refractivity contribution < 1.29 is 22.0 Å². The summed E-state index contributed by atoms with van der Waals surface area (Å²) in [5, 5.41) is 2.66. The summed E-state index contributed by atoms with van der Waals surface area (Å²) in [7, 11) is -2.22. The molecule has 1 aliphatic heterocycles. The Morgan fingerprint density at radius 3 is 2.27 bits per heavy atom. The highest BCUT2D eigenvalue weighted by Gasteiger charge is 2.25. The predicted octanol–water partition coefficient (Wildman–Crippen LogP) is 3.29. The first-order valence-corrected chi connectivity index (χ1v) is 11.3. The number of hydrogen-bond donors (Lipinski definition) is 1. The summed E-state index contributed by atoms with van der Waals surface area (Å²) in [5.41, 5.74) is 0.883. The summed E-state index contributed by atoms with van der Waals surface area (Å²) in [4.78, 5) is 15.8. The number of rotatable bonds is 6. The standard InChI is InChI=1S/C21H25F2N3O3S/c1-3-4-21(27)24-19-14-17(26-9-7-25(2)8-10-26)5-6-20(19)30(28,29)18-12-15(22)11-16(23)13-18/h5-6,11-14H,3-4,7-10H2,1-2H3,(H,24,27). The van der Waals surface area contributed by atoms with Gasteiger partial charge in [0.1, 0.15) is 11.6 Å². The van der Waals surface area contributed by atoms with Gasteiger partial charge in [0.15, 0.2) is 0 Å². The van der Waals surface area contributed by atoms with Gasteiger partial charge in [0.05, 0.1) is 15.5 Å². The van der Waals surface area contributed by atoms with Gasteiger partial charge in [0, 0.05) is 44.4 Å². The van der Waals surface area contributed by atoms with Crippen molar-refractivity contribution in [1.82, 2.24) is 4.90 Å². The maximum atomic E-state index is 13.6. The number of likely N-dealkylation sites (N-methyl/N-ethyl adjacent to an activating group) is 1. The van der Waals surface area contributed by atoms with E-state index >= 15 is 0 Å². The van der Waals surface area contributed by atoms with Crippen molar-refractivity contribution in [3.05, 3.63) is 48.0 Å². The second kappa shape index (κ2) is 9.09. The third kappa shape index (κ3) is 4.96. The molecule has 0 saturated carbocycles. The molecule has 1 saturated heterocycles. The molecule has 0 bridgehead atoms. The highest BCUT2D eigenvalue weighted by molar-refractivity contribution is 7.91. The molecular formula is C21H25F2N3O3S. The van der Waals surface area contributed by atoms with E-state index in [0.717, 1.165) is 44.0 Å². The third-order valence-corrected chi connectivity index (χ3v) is 6.81. The number of carbonyl (C=O) groups is 1. The lowest BCUT2D eigenvalue weighted by Gasteiger charge is -2.34. The summed E-state index contributed by atoms with van der Waals surface area (Å²) in [6.45, 7) is 5.09. The van der Waals surface area contributed by atoms with E-state index in [1.54, 1.807) is 12.1 Å². The third-order valence-electron chi connectivity index (χ3n) is 5.02. The Hall–Kier alpha value is -2.52. The maximum absolute atomic E-state index is 13.6. The molecule has 6 nitrogen and oxygen atoms in total. The Balaban J connectivity index is 2.04. The van der Waals surface area contributed by atoms with Crippen LogP contribution in [-0.2, 0) is 14.6 Å². The topological polar surface area (TPSA) is 69.7 Å². The normalized spacial score (nSPS) is 15.3. The molecule has 0 radical (unpaired) electrons. The minimum absolute atomic E-state index is 0.106. The van der Waals surface area contributed by atoms with Crippen LogP contribution in [0.2, 0.25) is 0 Å². The number of hydrogen-bond acceptors (Lipinski definition) is 5. The highest BCUT2D eigenvalue weighted by Crippen LogP contribution is 2.32. The van der Waals surface area contributed by atoms with Crippen molar-refractivity contribution >= 4 is 27.1 Å². The predicted molar refractivity (Wildman–Crippen MR) is 111 cm³/mol. The van der Waals surface area contributed by atoms with Crippen LogP contribution in [0.15, 0.2) is 46.2 Å². The van der Waals surface area contributed by atoms with Crippen molar-refractivity contribution in [2.24, 2.45) is 0 Å². The molecule has 3 rings (SSSR count). The molecule has 0 spiro atoms. The smallest absolute Gasteiger partial charge is 0.224 e. The van der Waals surface area contributed by atoms with Gasteiger partial charge in [-0.15, -0.1) is 0 Å². The Labute approximate surface area is 175 Å². The molecule has 0 aliphatic carbocycles. The van der Waals surface area contributed by atoms with Crippen LogP contribution in [0.4, 0.5) is 20.2 Å². The van der Waals surface area contributed by atoms with Crippen molar-refractivity contribution in [3.8, 4) is 0 Å². The van der Waals surface area contributed by atoms with Gasteiger partial charge in [-0.05, 0) is 43.8 Å². The molecule has 1 N–H and O–H groups in total. The van der Waals surface area contributed by atoms with Gasteiger partial charge in [-0.2, -0.15) is 0 Å². The summed E-state index contributed by atoms with van der Waals surface area (Å²) in [6.07, 6.45) is 0.827. The molecule has 30 heavy (non-hydrogen) atoms. The van der Waals surface area contributed by atoms with E-state index in [4.69, 9.17) is 0 Å². The van der Waals surface area contributed by atoms with Gasteiger partial charge in [-0.3, -0.25) is 4.79 Å². The molecular weight excluding hydrogens is 412 g/mol. The highest BCUT2D eigenvalue weighted by atomic mass is 32.2. The van der Waals surface area contributed by atoms with Gasteiger partial charge in [0.2, 0.25) is 15.7 Å². The Morgan fingerprint density at radius 1 is 1.03 bits per heavy atom. The molecule has 1 heterocycles. The number of anilines is 2. The van der Waals surface area contributed by atoms with Crippen LogP contribution < -0.4 is 10.2 Å². The van der Waals surface area contributed by atoms with Gasteiger partial charge in [-0.25, -0.2) is 17.2 Å². The molecule has 162 valence electrons. The van der Waals surface area contributed by atoms with Crippen LogP contribution in [0.3, 0.4) is 0 Å². The van der Waals surface area contributed by atoms with Crippen molar-refractivity contribution in [2.45, 2.75) is 29.6 Å². The first-order chi connectivity index (χ1) is 14.2. The first-order valence-electron chi connectivity index (χ1n) is 9.79. The molecule has 9 heteroatoms. The van der Waals surface area contributed by atoms with E-state index in [0.29, 0.717) is 12.5 Å². The van der Waals surface area contributed by atoms with Crippen molar-refractivity contribution in [3.63, 3.8) is 0 Å². The minimum atomic E-state index is -4.25. The Morgan fingerprint density at radius 2 is 1.67 bits per heavy atom. The summed E-state index contributed by atoms with van der Waals surface area (Å²) < 4.78 is 53.5. The number of amides is 1. The fourth-order valence-electron chi connectivity index (χ4n) is 3.36. The van der Waals surface area contributed by atoms with Crippen LogP contribution in [0.25, 0.3) is 0 Å². The fraction of sp³-hybridized carbons (Fsp3) is 0.381. The summed E-state index contributed by atoms with van der Waals surface area (Å²) >= 11 is 0. The molecule has 2 aromatic rings. The average Bonchev–Trinajstić information content (AvgIpc) is 2.68. The van der Waals surface area contributed by atoms with Crippen LogP contribution in [0.5, 0.6) is 0 Å². The van der Waals surface area contributed by atoms with Gasteiger partial charge < -0.3 is 15.1 Å². The molecule has 1 aliphatic rings. The fourth-order valence-corrected chi connectivity index (χ4v) is 4.80. The zero-order valence-electron chi connectivity index (χ0n) is 17.0. The maximum Gasteiger partial charge on any atom is 0.224 e. The number of nitrogens with one attached hydrogen (secondary N) is 1. The van der Waals surface area contributed by atoms with Crippen LogP contribution in [0.1, 0.15) is 19.8 Å². The monoisotopic (exact) mass is 437 g/mol. The Kier molecular flexibility index (Phi) is 6.72. The number of nitrogens with zero attached hydrogens (tertiary/aromatic N) is 2. The molecule has 0 aromatic heterocycles. The largest absolute Gasteiger partial charge is 0.369 e. The number of carbonyl (C=O) groups excluding carboxylic acids is 1. The quantitative estimate of drug-likeness (QED) is 0.751. The number of benzene rings is 2. The zero-order chi connectivity index (χ0) is 21.9. The lowest BCUT2D eigenvalue weighted by atomic mass is 10.2. The SMILES string of the molecule is CCCC(=O)Nc1cc(N2CCN(C)CC2)ccc1S(=O)(=O)c1cc(F)cc(F)c1. The molecule has 1 fully saturated rings. The van der Waals surface area contributed by atoms with E-state index in [2.05, 4.69) is 15.1 Å². The second-order valence-electron chi connectivity index (χ2n) is 7.38. The molecule has 0 unspecified atom stereocenters. The van der Waals surface area contributed by atoms with E-state index < -0.39 is 26.4 Å².